The molecule has 0 radical (unpaired) electrons. The molecule has 15 heavy (non-hydrogen) atoms. The van der Waals surface area contributed by atoms with Crippen LogP contribution in [0, 0.1) is 0 Å². The molecule has 2 rings (SSSR count). The summed E-state index contributed by atoms with van der Waals surface area (Å²) in [5.41, 5.74) is 0.511. The molecule has 0 unspecified atom stereocenters. The van der Waals surface area contributed by atoms with Crippen LogP contribution in [0.1, 0.15) is 25.6 Å². The third-order valence-electron chi connectivity index (χ3n) is 2.35. The number of nitrogens with two attached hydrogens (primary N) is 1. The maximum Gasteiger partial charge on any atom is 0.279 e. The second-order valence-electron chi connectivity index (χ2n) is 3.82. The number of nitrogen functional groups attached to an aromatic ring is 1. The largest absolute Gasteiger partial charge is 0.335 e. The lowest BCUT2D eigenvalue weighted by Crippen LogP contribution is -2.32. The lowest BCUT2D eigenvalue weighted by molar-refractivity contribution is 0.704. The Bertz CT molecular complexity index is 557. The van der Waals surface area contributed by atoms with Gasteiger partial charge in [0.15, 0.2) is 0 Å². The first-order valence-electron chi connectivity index (χ1n) is 4.88. The van der Waals surface area contributed by atoms with E-state index in [0.717, 1.165) is 4.68 Å². The normalized spacial score (nSPS) is 11.1. The molecule has 1 aromatic carbocycles. The Morgan fingerprint density at radius 2 is 2.00 bits per heavy atom. The number of para-hydroxylation sites is 1. The molecule has 1 aromatic heterocycles. The van der Waals surface area contributed by atoms with Crippen LogP contribution in [0.5, 0.6) is 0 Å². The molecule has 0 spiro atoms. The molecule has 0 amide bonds. The quantitative estimate of drug-likeness (QED) is 0.709. The van der Waals surface area contributed by atoms with Gasteiger partial charge in [0.25, 0.3) is 5.56 Å². The lowest BCUT2D eigenvalue weighted by atomic mass is 10.2. The van der Waals surface area contributed by atoms with Gasteiger partial charge in [0.1, 0.15) is 5.82 Å². The first-order valence-corrected chi connectivity index (χ1v) is 4.88. The molecule has 0 aliphatic heterocycles. The molecule has 0 aliphatic carbocycles. The van der Waals surface area contributed by atoms with Crippen LogP contribution in [-0.2, 0) is 0 Å². The molecule has 2 aromatic rings. The van der Waals surface area contributed by atoms with Crippen molar-refractivity contribution in [2.75, 3.05) is 5.84 Å². The summed E-state index contributed by atoms with van der Waals surface area (Å²) in [4.78, 5) is 16.2. The highest BCUT2D eigenvalue weighted by atomic mass is 16.1. The zero-order valence-electron chi connectivity index (χ0n) is 8.77. The minimum absolute atomic E-state index is 0.132. The van der Waals surface area contributed by atoms with Gasteiger partial charge in [-0.2, -0.15) is 0 Å². The second kappa shape index (κ2) is 3.38. The topological polar surface area (TPSA) is 60.9 Å². The van der Waals surface area contributed by atoms with Gasteiger partial charge in [-0.25, -0.2) is 9.66 Å². The fourth-order valence-electron chi connectivity index (χ4n) is 1.57. The Labute approximate surface area is 87.3 Å². The van der Waals surface area contributed by atoms with Gasteiger partial charge >= 0.3 is 0 Å². The van der Waals surface area contributed by atoms with E-state index in [1.807, 2.05) is 26.0 Å². The molecule has 1 heterocycles. The molecule has 2 N–H and O–H groups in total. The fraction of sp³-hybridized carbons (Fsp3) is 0.273. The summed E-state index contributed by atoms with van der Waals surface area (Å²) in [6, 6.07) is 7.22. The number of benzene rings is 1. The summed E-state index contributed by atoms with van der Waals surface area (Å²) < 4.78 is 1.13. The third kappa shape index (κ3) is 1.48. The van der Waals surface area contributed by atoms with Gasteiger partial charge in [0.05, 0.1) is 10.9 Å². The van der Waals surface area contributed by atoms with Crippen molar-refractivity contribution in [1.29, 1.82) is 0 Å². The van der Waals surface area contributed by atoms with Crippen molar-refractivity contribution in [3.05, 3.63) is 40.4 Å². The van der Waals surface area contributed by atoms with Gasteiger partial charge in [-0.1, -0.05) is 26.0 Å². The highest BCUT2D eigenvalue weighted by Crippen LogP contribution is 2.12. The van der Waals surface area contributed by atoms with Crippen molar-refractivity contribution in [3.8, 4) is 0 Å². The number of fused-ring (bicyclic) bond motifs is 1. The summed E-state index contributed by atoms with van der Waals surface area (Å²) in [6.45, 7) is 3.92. The molecule has 0 saturated carbocycles. The van der Waals surface area contributed by atoms with Gasteiger partial charge < -0.3 is 5.84 Å². The van der Waals surface area contributed by atoms with Crippen molar-refractivity contribution in [3.63, 3.8) is 0 Å². The molecule has 0 saturated heterocycles. The van der Waals surface area contributed by atoms with Crippen LogP contribution in [0.25, 0.3) is 10.9 Å². The molecule has 4 nitrogen and oxygen atoms in total. The Hall–Kier alpha value is -1.84. The van der Waals surface area contributed by atoms with Crippen LogP contribution in [0.15, 0.2) is 29.1 Å². The standard InChI is InChI=1S/C11H13N3O/c1-7(2)10-13-9-6-4-3-5-8(9)11(15)14(10)12/h3-7H,12H2,1-2H3. The Morgan fingerprint density at radius 1 is 1.33 bits per heavy atom. The lowest BCUT2D eigenvalue weighted by Gasteiger charge is -2.10. The van der Waals surface area contributed by atoms with Gasteiger partial charge in [-0.05, 0) is 12.1 Å². The van der Waals surface area contributed by atoms with Crippen LogP contribution in [-0.4, -0.2) is 9.66 Å². The summed E-state index contributed by atoms with van der Waals surface area (Å²) in [6.07, 6.45) is 0. The smallest absolute Gasteiger partial charge is 0.279 e. The van der Waals surface area contributed by atoms with Crippen LogP contribution < -0.4 is 11.4 Å². The van der Waals surface area contributed by atoms with Crippen molar-refractivity contribution < 1.29 is 0 Å². The molecule has 4 heteroatoms. The Kier molecular flexibility index (Phi) is 2.19. The van der Waals surface area contributed by atoms with E-state index < -0.39 is 0 Å². The van der Waals surface area contributed by atoms with Crippen LogP contribution in [0.3, 0.4) is 0 Å². The number of nitrogens with zero attached hydrogens (tertiary/aromatic N) is 2. The highest BCUT2D eigenvalue weighted by molar-refractivity contribution is 5.77. The molecule has 0 fully saturated rings. The predicted molar refractivity (Wildman–Crippen MR) is 60.2 cm³/mol. The van der Waals surface area contributed by atoms with E-state index in [9.17, 15) is 4.79 Å². The first kappa shape index (κ1) is 9.71. The SMILES string of the molecule is CC(C)c1nc2ccccc2c(=O)n1N. The zero-order valence-corrected chi connectivity index (χ0v) is 8.77. The van der Waals surface area contributed by atoms with Gasteiger partial charge in [0, 0.05) is 5.92 Å². The van der Waals surface area contributed by atoms with Crippen molar-refractivity contribution in [2.24, 2.45) is 0 Å². The van der Waals surface area contributed by atoms with Crippen LogP contribution in [0.4, 0.5) is 0 Å². The summed E-state index contributed by atoms with van der Waals surface area (Å²) in [5, 5.41) is 0.560. The van der Waals surface area contributed by atoms with Gasteiger partial charge in [-0.3, -0.25) is 4.79 Å². The Balaban J connectivity index is 2.89. The monoisotopic (exact) mass is 203 g/mol. The maximum atomic E-state index is 11.9. The average Bonchev–Trinajstić information content (AvgIpc) is 2.23. The predicted octanol–water partition coefficient (Wildman–Crippen LogP) is 1.23. The number of hydrogen-bond donors (Lipinski definition) is 1. The number of rotatable bonds is 1. The average molecular weight is 203 g/mol. The minimum atomic E-state index is -0.190. The van der Waals surface area contributed by atoms with E-state index in [0.29, 0.717) is 16.7 Å². The maximum absolute atomic E-state index is 11.9. The van der Waals surface area contributed by atoms with Gasteiger partial charge in [0.2, 0.25) is 0 Å². The van der Waals surface area contributed by atoms with Crippen LogP contribution >= 0.6 is 0 Å². The third-order valence-corrected chi connectivity index (χ3v) is 2.35. The second-order valence-corrected chi connectivity index (χ2v) is 3.82. The summed E-state index contributed by atoms with van der Waals surface area (Å²) in [7, 11) is 0. The summed E-state index contributed by atoms with van der Waals surface area (Å²) >= 11 is 0. The number of hydrogen-bond acceptors (Lipinski definition) is 3. The molecule has 0 atom stereocenters. The van der Waals surface area contributed by atoms with Crippen molar-refractivity contribution in [1.82, 2.24) is 9.66 Å². The fourth-order valence-corrected chi connectivity index (χ4v) is 1.57. The molecule has 78 valence electrons. The van der Waals surface area contributed by atoms with Crippen molar-refractivity contribution in [2.45, 2.75) is 19.8 Å². The van der Waals surface area contributed by atoms with Gasteiger partial charge in [-0.15, -0.1) is 0 Å². The highest BCUT2D eigenvalue weighted by Gasteiger charge is 2.10. The van der Waals surface area contributed by atoms with E-state index in [4.69, 9.17) is 5.84 Å². The molecular weight excluding hydrogens is 190 g/mol. The zero-order chi connectivity index (χ0) is 11.0. The summed E-state index contributed by atoms with van der Waals surface area (Å²) in [5.74, 6) is 6.43. The number of aromatic nitrogens is 2. The van der Waals surface area contributed by atoms with Crippen LogP contribution in [0.2, 0.25) is 0 Å². The minimum Gasteiger partial charge on any atom is -0.335 e. The van der Waals surface area contributed by atoms with Crippen molar-refractivity contribution >= 4 is 10.9 Å². The Morgan fingerprint density at radius 3 is 2.67 bits per heavy atom. The first-order chi connectivity index (χ1) is 7.11. The molecule has 0 aliphatic rings. The molecule has 0 bridgehead atoms. The molecular formula is C11H13N3O. The van der Waals surface area contributed by atoms with E-state index in [1.165, 1.54) is 0 Å². The van der Waals surface area contributed by atoms with E-state index in [-0.39, 0.29) is 11.5 Å². The van der Waals surface area contributed by atoms with E-state index >= 15 is 0 Å². The van der Waals surface area contributed by atoms with E-state index in [1.54, 1.807) is 12.1 Å². The van der Waals surface area contributed by atoms with E-state index in [2.05, 4.69) is 4.98 Å².